The zero-order valence-corrected chi connectivity index (χ0v) is 18.0. The van der Waals surface area contributed by atoms with Crippen molar-refractivity contribution in [1.82, 2.24) is 0 Å². The molecule has 2 spiro atoms. The summed E-state index contributed by atoms with van der Waals surface area (Å²) >= 11 is 0. The second kappa shape index (κ2) is 5.56. The topological polar surface area (TPSA) is 82.2 Å². The number of epoxide rings is 1. The van der Waals surface area contributed by atoms with Gasteiger partial charge >= 0.3 is 11.9 Å². The highest BCUT2D eigenvalue weighted by molar-refractivity contribution is 5.84. The summed E-state index contributed by atoms with van der Waals surface area (Å²) in [4.78, 5) is 37.4. The molecule has 0 bridgehead atoms. The number of carbonyl (C=O) groups is 3. The Bertz CT molecular complexity index is 907. The van der Waals surface area contributed by atoms with Crippen LogP contribution in [0.25, 0.3) is 0 Å². The van der Waals surface area contributed by atoms with Gasteiger partial charge in [-0.2, -0.15) is 0 Å². The molecule has 2 heterocycles. The van der Waals surface area contributed by atoms with Gasteiger partial charge in [0, 0.05) is 36.0 Å². The van der Waals surface area contributed by atoms with Gasteiger partial charge in [-0.3, -0.25) is 14.4 Å². The van der Waals surface area contributed by atoms with Crippen LogP contribution in [0.2, 0.25) is 0 Å². The van der Waals surface area contributed by atoms with Crippen LogP contribution in [0.4, 0.5) is 0 Å². The summed E-state index contributed by atoms with van der Waals surface area (Å²) in [6.07, 6.45) is 7.74. The highest BCUT2D eigenvalue weighted by Gasteiger charge is 2.83. The summed E-state index contributed by atoms with van der Waals surface area (Å²) in [5.41, 5.74) is -0.191. The maximum atomic E-state index is 13.0. The zero-order valence-electron chi connectivity index (χ0n) is 18.0. The van der Waals surface area contributed by atoms with Crippen molar-refractivity contribution in [2.75, 3.05) is 7.11 Å². The van der Waals surface area contributed by atoms with E-state index in [1.54, 1.807) is 0 Å². The largest absolute Gasteiger partial charge is 0.469 e. The van der Waals surface area contributed by atoms with Crippen LogP contribution in [0.3, 0.4) is 0 Å². The number of Topliss-reactive ketones (excluding diaryl/α,β-unsaturated/α-hetero) is 1. The molecule has 0 unspecified atom stereocenters. The fraction of sp³-hybridized carbons (Fsp3) is 0.792. The molecule has 0 aromatic rings. The molecule has 6 rings (SSSR count). The van der Waals surface area contributed by atoms with Crippen LogP contribution in [0, 0.1) is 28.6 Å². The van der Waals surface area contributed by atoms with Gasteiger partial charge in [-0.05, 0) is 38.0 Å². The summed E-state index contributed by atoms with van der Waals surface area (Å²) in [7, 11) is 1.44. The number of ether oxygens (including phenoxy) is 3. The quantitative estimate of drug-likeness (QED) is 0.372. The number of methoxy groups -OCH3 is 1. The van der Waals surface area contributed by atoms with E-state index in [0.29, 0.717) is 19.3 Å². The smallest absolute Gasteiger partial charge is 0.312 e. The lowest BCUT2D eigenvalue weighted by atomic mass is 9.44. The molecule has 2 saturated heterocycles. The predicted octanol–water partition coefficient (Wildman–Crippen LogP) is 3.12. The lowest BCUT2D eigenvalue weighted by Gasteiger charge is -2.57. The first-order chi connectivity index (χ1) is 14.2. The molecule has 2 aliphatic heterocycles. The molecule has 162 valence electrons. The van der Waals surface area contributed by atoms with Crippen LogP contribution < -0.4 is 0 Å². The van der Waals surface area contributed by atoms with Crippen LogP contribution in [-0.4, -0.2) is 42.1 Å². The van der Waals surface area contributed by atoms with Crippen molar-refractivity contribution in [2.45, 2.75) is 82.5 Å². The van der Waals surface area contributed by atoms with Gasteiger partial charge in [0.2, 0.25) is 0 Å². The maximum absolute atomic E-state index is 13.0. The van der Waals surface area contributed by atoms with Crippen molar-refractivity contribution in [3.8, 4) is 0 Å². The minimum Gasteiger partial charge on any atom is -0.469 e. The van der Waals surface area contributed by atoms with Crippen molar-refractivity contribution < 1.29 is 28.6 Å². The number of ketones is 1. The number of hydrogen-bond acceptors (Lipinski definition) is 6. The minimum atomic E-state index is -0.430. The third kappa shape index (κ3) is 1.94. The molecule has 5 fully saturated rings. The fourth-order valence-electron chi connectivity index (χ4n) is 8.59. The SMILES string of the molecule is COC(=O)[C@@H]1C=C2CC(=O)CC[C@]2(C)[C@@]23O[C@@H]2C[C@@]2(C)[C@@H](CC[C@@]24CCC(=O)O4)[C@H]13. The van der Waals surface area contributed by atoms with E-state index in [9.17, 15) is 14.4 Å². The van der Waals surface area contributed by atoms with Crippen LogP contribution in [0.15, 0.2) is 11.6 Å². The van der Waals surface area contributed by atoms with Crippen molar-refractivity contribution in [3.63, 3.8) is 0 Å². The molecule has 30 heavy (non-hydrogen) atoms. The van der Waals surface area contributed by atoms with E-state index in [4.69, 9.17) is 14.2 Å². The minimum absolute atomic E-state index is 0.00525. The summed E-state index contributed by atoms with van der Waals surface area (Å²) in [6.45, 7) is 4.50. The molecular formula is C24H30O6. The van der Waals surface area contributed by atoms with E-state index >= 15 is 0 Å². The van der Waals surface area contributed by atoms with E-state index in [-0.39, 0.29) is 46.5 Å². The Labute approximate surface area is 176 Å². The number of esters is 2. The van der Waals surface area contributed by atoms with Crippen LogP contribution >= 0.6 is 0 Å². The van der Waals surface area contributed by atoms with Gasteiger partial charge < -0.3 is 14.2 Å². The number of hydrogen-bond donors (Lipinski definition) is 0. The number of rotatable bonds is 1. The summed E-state index contributed by atoms with van der Waals surface area (Å²) in [5, 5.41) is 0. The Kier molecular flexibility index (Phi) is 3.53. The molecule has 0 radical (unpaired) electrons. The van der Waals surface area contributed by atoms with E-state index in [2.05, 4.69) is 19.9 Å². The Morgan fingerprint density at radius 2 is 1.97 bits per heavy atom. The van der Waals surface area contributed by atoms with Crippen molar-refractivity contribution >= 4 is 17.7 Å². The van der Waals surface area contributed by atoms with Gasteiger partial charge in [-0.25, -0.2) is 0 Å². The second-order valence-electron chi connectivity index (χ2n) is 10.9. The molecule has 0 amide bonds. The van der Waals surface area contributed by atoms with Gasteiger partial charge in [0.15, 0.2) is 0 Å². The molecule has 6 nitrogen and oxygen atoms in total. The van der Waals surface area contributed by atoms with Crippen molar-refractivity contribution in [2.24, 2.45) is 28.6 Å². The van der Waals surface area contributed by atoms with Crippen molar-refractivity contribution in [3.05, 3.63) is 11.6 Å². The normalized spacial score (nSPS) is 53.2. The summed E-state index contributed by atoms with van der Waals surface area (Å²) < 4.78 is 17.9. The van der Waals surface area contributed by atoms with E-state index < -0.39 is 17.1 Å². The van der Waals surface area contributed by atoms with Gasteiger partial charge in [0.1, 0.15) is 17.0 Å². The molecular weight excluding hydrogens is 384 g/mol. The summed E-state index contributed by atoms with van der Waals surface area (Å²) in [6, 6.07) is 0. The van der Waals surface area contributed by atoms with Crippen LogP contribution in [-0.2, 0) is 28.6 Å². The first kappa shape index (κ1) is 19.0. The zero-order chi connectivity index (χ0) is 21.1. The highest BCUT2D eigenvalue weighted by Crippen LogP contribution is 2.77. The molecule has 8 atom stereocenters. The third-order valence-corrected chi connectivity index (χ3v) is 10.2. The Morgan fingerprint density at radius 3 is 2.67 bits per heavy atom. The molecule has 6 heteroatoms. The van der Waals surface area contributed by atoms with Gasteiger partial charge in [-0.15, -0.1) is 0 Å². The summed E-state index contributed by atoms with van der Waals surface area (Å²) in [5.74, 6) is -0.292. The Hall–Kier alpha value is -1.69. The van der Waals surface area contributed by atoms with Crippen LogP contribution in [0.5, 0.6) is 0 Å². The maximum Gasteiger partial charge on any atom is 0.312 e. The molecule has 3 saturated carbocycles. The average Bonchev–Trinajstić information content (AvgIpc) is 3.20. The third-order valence-electron chi connectivity index (χ3n) is 10.2. The van der Waals surface area contributed by atoms with E-state index in [1.165, 1.54) is 7.11 Å². The molecule has 4 aliphatic carbocycles. The standard InChI is InChI=1S/C24H30O6/c1-21-7-4-14(25)10-13(21)11-15(20(27)28-3)19-16-5-8-23(9-6-18(26)30-23)22(16,2)12-17-24(19,21)29-17/h11,15-17,19H,4-10,12H2,1-3H3/t15-,16+,17-,19+,21+,22+,23-,24-/m1/s1. The van der Waals surface area contributed by atoms with Gasteiger partial charge in [-0.1, -0.05) is 25.5 Å². The first-order valence-electron chi connectivity index (χ1n) is 11.4. The predicted molar refractivity (Wildman–Crippen MR) is 105 cm³/mol. The van der Waals surface area contributed by atoms with E-state index in [1.807, 2.05) is 0 Å². The number of carbonyl (C=O) groups excluding carboxylic acids is 3. The first-order valence-corrected chi connectivity index (χ1v) is 11.4. The molecule has 0 N–H and O–H groups in total. The Balaban J connectivity index is 1.50. The molecule has 6 aliphatic rings. The average molecular weight is 414 g/mol. The molecule has 0 aromatic heterocycles. The molecule has 0 aromatic carbocycles. The van der Waals surface area contributed by atoms with Gasteiger partial charge in [0.05, 0.1) is 19.1 Å². The Morgan fingerprint density at radius 1 is 1.17 bits per heavy atom. The number of fused-ring (bicyclic) bond motifs is 4. The monoisotopic (exact) mass is 414 g/mol. The second-order valence-corrected chi connectivity index (χ2v) is 10.9. The highest BCUT2D eigenvalue weighted by atomic mass is 16.6. The fourth-order valence-corrected chi connectivity index (χ4v) is 8.59. The lowest BCUT2D eigenvalue weighted by Crippen LogP contribution is -2.62. The van der Waals surface area contributed by atoms with Gasteiger partial charge in [0.25, 0.3) is 0 Å². The van der Waals surface area contributed by atoms with Crippen LogP contribution in [0.1, 0.15) is 65.2 Å². The lowest BCUT2D eigenvalue weighted by molar-refractivity contribution is -0.169. The van der Waals surface area contributed by atoms with Crippen molar-refractivity contribution in [1.29, 1.82) is 0 Å². The van der Waals surface area contributed by atoms with E-state index in [0.717, 1.165) is 37.7 Å².